The molecule has 3 N–H and O–H groups in total. The first-order valence-electron chi connectivity index (χ1n) is 5.52. The Kier molecular flexibility index (Phi) is 4.16. The predicted molar refractivity (Wildman–Crippen MR) is 73.5 cm³/mol. The number of hydrogen-bond acceptors (Lipinski definition) is 4. The number of aromatic nitrogens is 2. The summed E-state index contributed by atoms with van der Waals surface area (Å²) >= 11 is 3.21. The number of hydrogen-bond donors (Lipinski definition) is 2. The van der Waals surface area contributed by atoms with Crippen molar-refractivity contribution < 1.29 is 4.79 Å². The van der Waals surface area contributed by atoms with E-state index < -0.39 is 11.4 Å². The van der Waals surface area contributed by atoms with Gasteiger partial charge in [-0.05, 0) is 43.6 Å². The SMILES string of the molecule is CC(C)n1ncc(NC(C)(C)C(N)=O)c(Br)c1=O. The summed E-state index contributed by atoms with van der Waals surface area (Å²) < 4.78 is 1.69. The first-order valence-corrected chi connectivity index (χ1v) is 6.31. The molecular weight excluding hydrogens is 300 g/mol. The Labute approximate surface area is 114 Å². The number of primary amides is 1. The summed E-state index contributed by atoms with van der Waals surface area (Å²) in [5.41, 5.74) is 4.50. The van der Waals surface area contributed by atoms with Crippen LogP contribution in [0.4, 0.5) is 5.69 Å². The highest BCUT2D eigenvalue weighted by atomic mass is 79.9. The highest BCUT2D eigenvalue weighted by molar-refractivity contribution is 9.10. The number of carbonyl (C=O) groups excluding carboxylic acids is 1. The lowest BCUT2D eigenvalue weighted by Crippen LogP contribution is -2.45. The summed E-state index contributed by atoms with van der Waals surface area (Å²) in [4.78, 5) is 23.2. The van der Waals surface area contributed by atoms with Crippen molar-refractivity contribution in [2.75, 3.05) is 5.32 Å². The Morgan fingerprint density at radius 3 is 2.56 bits per heavy atom. The quantitative estimate of drug-likeness (QED) is 0.875. The van der Waals surface area contributed by atoms with Gasteiger partial charge in [-0.1, -0.05) is 0 Å². The lowest BCUT2D eigenvalue weighted by Gasteiger charge is -2.24. The van der Waals surface area contributed by atoms with Crippen molar-refractivity contribution in [2.45, 2.75) is 39.3 Å². The van der Waals surface area contributed by atoms with E-state index in [-0.39, 0.29) is 11.6 Å². The van der Waals surface area contributed by atoms with Crippen LogP contribution in [0.25, 0.3) is 0 Å². The third-order valence-electron chi connectivity index (χ3n) is 2.50. The van der Waals surface area contributed by atoms with Crippen LogP contribution in [0.3, 0.4) is 0 Å². The molecular formula is C11H17BrN4O2. The molecule has 0 bridgehead atoms. The molecule has 1 heterocycles. The summed E-state index contributed by atoms with van der Waals surface area (Å²) in [6.45, 7) is 6.99. The fraction of sp³-hybridized carbons (Fsp3) is 0.545. The minimum Gasteiger partial charge on any atom is -0.369 e. The number of carbonyl (C=O) groups is 1. The van der Waals surface area contributed by atoms with E-state index in [1.165, 1.54) is 10.9 Å². The third-order valence-corrected chi connectivity index (χ3v) is 3.26. The molecule has 100 valence electrons. The molecule has 6 nitrogen and oxygen atoms in total. The number of nitrogens with one attached hydrogen (secondary N) is 1. The second-order valence-electron chi connectivity index (χ2n) is 4.83. The smallest absolute Gasteiger partial charge is 0.283 e. The van der Waals surface area contributed by atoms with Gasteiger partial charge >= 0.3 is 0 Å². The maximum absolute atomic E-state index is 12.0. The standard InChI is InChI=1S/C11H17BrN4O2/c1-6(2)16-9(17)8(12)7(5-14-16)15-11(3,4)10(13)18/h5-6,15H,1-4H3,(H2,13,18). The molecule has 1 rings (SSSR count). The van der Waals surface area contributed by atoms with Gasteiger partial charge in [0.15, 0.2) is 0 Å². The zero-order valence-corrected chi connectivity index (χ0v) is 12.4. The highest BCUT2D eigenvalue weighted by Crippen LogP contribution is 2.21. The third kappa shape index (κ3) is 2.90. The van der Waals surface area contributed by atoms with Crippen LogP contribution in [0.1, 0.15) is 33.7 Å². The van der Waals surface area contributed by atoms with Crippen LogP contribution < -0.4 is 16.6 Å². The van der Waals surface area contributed by atoms with Gasteiger partial charge in [-0.25, -0.2) is 4.68 Å². The van der Waals surface area contributed by atoms with E-state index in [0.717, 1.165) is 0 Å². The van der Waals surface area contributed by atoms with E-state index in [1.54, 1.807) is 13.8 Å². The molecule has 1 aromatic rings. The van der Waals surface area contributed by atoms with Crippen molar-refractivity contribution in [2.24, 2.45) is 5.73 Å². The van der Waals surface area contributed by atoms with Gasteiger partial charge in [-0.2, -0.15) is 5.10 Å². The van der Waals surface area contributed by atoms with E-state index in [4.69, 9.17) is 5.73 Å². The number of anilines is 1. The van der Waals surface area contributed by atoms with Gasteiger partial charge in [-0.3, -0.25) is 9.59 Å². The molecule has 0 aliphatic rings. The van der Waals surface area contributed by atoms with Gasteiger partial charge in [0.05, 0.1) is 17.9 Å². The largest absolute Gasteiger partial charge is 0.369 e. The van der Waals surface area contributed by atoms with Gasteiger partial charge in [0.1, 0.15) is 10.0 Å². The number of rotatable bonds is 4. The Hall–Kier alpha value is -1.37. The second-order valence-corrected chi connectivity index (χ2v) is 5.62. The molecule has 0 saturated heterocycles. The fourth-order valence-corrected chi connectivity index (χ4v) is 1.68. The average Bonchev–Trinajstić information content (AvgIpc) is 2.24. The van der Waals surface area contributed by atoms with Crippen LogP contribution in [0.5, 0.6) is 0 Å². The topological polar surface area (TPSA) is 90.0 Å². The normalized spacial score (nSPS) is 11.7. The van der Waals surface area contributed by atoms with Gasteiger partial charge in [0.25, 0.3) is 5.56 Å². The second kappa shape index (κ2) is 5.09. The molecule has 0 fully saturated rings. The number of nitrogens with zero attached hydrogens (tertiary/aromatic N) is 2. The number of halogens is 1. The maximum Gasteiger partial charge on any atom is 0.283 e. The van der Waals surface area contributed by atoms with E-state index in [0.29, 0.717) is 10.2 Å². The molecule has 0 aliphatic carbocycles. The molecule has 0 saturated carbocycles. The van der Waals surface area contributed by atoms with Crippen molar-refractivity contribution in [3.05, 3.63) is 21.0 Å². The van der Waals surface area contributed by atoms with E-state index in [9.17, 15) is 9.59 Å². The fourth-order valence-electron chi connectivity index (χ4n) is 1.30. The van der Waals surface area contributed by atoms with Crippen LogP contribution in [0, 0.1) is 0 Å². The first-order chi connectivity index (χ1) is 8.16. The van der Waals surface area contributed by atoms with Crippen LogP contribution in [-0.4, -0.2) is 21.2 Å². The Morgan fingerprint density at radius 2 is 2.11 bits per heavy atom. The summed E-state index contributed by atoms with van der Waals surface area (Å²) in [6, 6.07) is -0.0352. The van der Waals surface area contributed by atoms with E-state index in [1.807, 2.05) is 13.8 Å². The lowest BCUT2D eigenvalue weighted by atomic mass is 10.1. The summed E-state index contributed by atoms with van der Waals surface area (Å²) in [5.74, 6) is -0.512. The molecule has 18 heavy (non-hydrogen) atoms. The maximum atomic E-state index is 12.0. The Bertz CT molecular complexity index is 522. The lowest BCUT2D eigenvalue weighted by molar-refractivity contribution is -0.121. The zero-order chi connectivity index (χ0) is 14.1. The summed E-state index contributed by atoms with van der Waals surface area (Å²) in [6.07, 6.45) is 1.50. The molecule has 7 heteroatoms. The Morgan fingerprint density at radius 1 is 1.56 bits per heavy atom. The van der Waals surface area contributed by atoms with Gasteiger partial charge in [-0.15, -0.1) is 0 Å². The Balaban J connectivity index is 3.19. The molecule has 0 aliphatic heterocycles. The van der Waals surface area contributed by atoms with Crippen molar-refractivity contribution in [1.82, 2.24) is 9.78 Å². The van der Waals surface area contributed by atoms with Crippen molar-refractivity contribution in [3.63, 3.8) is 0 Å². The summed E-state index contributed by atoms with van der Waals surface area (Å²) in [5, 5.41) is 6.94. The summed E-state index contributed by atoms with van der Waals surface area (Å²) in [7, 11) is 0. The minimum atomic E-state index is -0.958. The van der Waals surface area contributed by atoms with Crippen LogP contribution >= 0.6 is 15.9 Å². The number of nitrogens with two attached hydrogens (primary N) is 1. The van der Waals surface area contributed by atoms with E-state index in [2.05, 4.69) is 26.3 Å². The van der Waals surface area contributed by atoms with Crippen molar-refractivity contribution in [1.29, 1.82) is 0 Å². The molecule has 1 amide bonds. The monoisotopic (exact) mass is 316 g/mol. The minimum absolute atomic E-state index is 0.0352. The van der Waals surface area contributed by atoms with Gasteiger partial charge < -0.3 is 11.1 Å². The molecule has 0 spiro atoms. The highest BCUT2D eigenvalue weighted by Gasteiger charge is 2.26. The van der Waals surface area contributed by atoms with Crippen molar-refractivity contribution >= 4 is 27.5 Å². The molecule has 0 atom stereocenters. The molecule has 0 radical (unpaired) electrons. The predicted octanol–water partition coefficient (Wildman–Crippen LogP) is 1.26. The number of amides is 1. The molecule has 1 aromatic heterocycles. The van der Waals surface area contributed by atoms with Crippen LogP contribution in [0.2, 0.25) is 0 Å². The zero-order valence-electron chi connectivity index (χ0n) is 10.8. The first kappa shape index (κ1) is 14.7. The van der Waals surface area contributed by atoms with Gasteiger partial charge in [0.2, 0.25) is 5.91 Å². The average molecular weight is 317 g/mol. The van der Waals surface area contributed by atoms with E-state index >= 15 is 0 Å². The molecule has 0 unspecified atom stereocenters. The van der Waals surface area contributed by atoms with Crippen LogP contribution in [0.15, 0.2) is 15.5 Å². The molecule has 0 aromatic carbocycles. The van der Waals surface area contributed by atoms with Gasteiger partial charge in [0, 0.05) is 0 Å². The van der Waals surface area contributed by atoms with Crippen LogP contribution in [-0.2, 0) is 4.79 Å². The van der Waals surface area contributed by atoms with Crippen molar-refractivity contribution in [3.8, 4) is 0 Å².